The van der Waals surface area contributed by atoms with Crippen LogP contribution in [-0.2, 0) is 0 Å². The molecule has 0 N–H and O–H groups in total. The van der Waals surface area contributed by atoms with Gasteiger partial charge in [-0.05, 0) is 68.1 Å². The Labute approximate surface area is 157 Å². The van der Waals surface area contributed by atoms with Crippen LogP contribution in [0.15, 0.2) is 49.0 Å². The molecule has 0 saturated heterocycles. The highest BCUT2D eigenvalue weighted by molar-refractivity contribution is 6.23. The Morgan fingerprint density at radius 1 is 0.654 bits per heavy atom. The van der Waals surface area contributed by atoms with Crippen molar-refractivity contribution in [3.05, 3.63) is 71.0 Å². The number of fused-ring (bicyclic) bond motifs is 2. The minimum atomic E-state index is 1.11. The summed E-state index contributed by atoms with van der Waals surface area (Å²) in [6.07, 6.45) is 1.96. The Morgan fingerprint density at radius 2 is 1.19 bits per heavy atom. The van der Waals surface area contributed by atoms with Crippen molar-refractivity contribution in [2.75, 3.05) is 0 Å². The Kier molecular flexibility index (Phi) is 6.21. The standard InChI is InChI=1S/C22H18.2C2H6/c1-5-16-13(2)10-12-20-19-8-6-7-17-14(3)9-11-18(22(17)19)15(4)21(16)20;2*1-2/h5-12H,1,4H2,2-3H3;2*1-2H3. The molecule has 0 bridgehead atoms. The van der Waals surface area contributed by atoms with Gasteiger partial charge in [-0.2, -0.15) is 0 Å². The predicted octanol–water partition coefficient (Wildman–Crippen LogP) is 7.59. The lowest BCUT2D eigenvalue weighted by molar-refractivity contribution is 1.48. The Balaban J connectivity index is 0.000000570. The minimum Gasteiger partial charge on any atom is -0.0984 e. The van der Waals surface area contributed by atoms with Gasteiger partial charge in [-0.15, -0.1) is 0 Å². The molecule has 4 rings (SSSR count). The zero-order chi connectivity index (χ0) is 19.4. The van der Waals surface area contributed by atoms with Gasteiger partial charge in [0.1, 0.15) is 0 Å². The average molecular weight is 343 g/mol. The molecule has 0 nitrogen and oxygen atoms in total. The van der Waals surface area contributed by atoms with Crippen molar-refractivity contribution >= 4 is 45.0 Å². The van der Waals surface area contributed by atoms with Crippen LogP contribution in [0.5, 0.6) is 0 Å². The zero-order valence-corrected chi connectivity index (χ0v) is 17.0. The molecule has 0 aliphatic carbocycles. The largest absolute Gasteiger partial charge is 0.0984 e. The maximum atomic E-state index is 4.41. The first kappa shape index (κ1) is 19.7. The molecule has 0 aliphatic rings. The minimum absolute atomic E-state index is 1.11. The van der Waals surface area contributed by atoms with E-state index in [1.54, 1.807) is 0 Å². The molecule has 0 fully saturated rings. The van der Waals surface area contributed by atoms with Crippen molar-refractivity contribution in [1.82, 2.24) is 0 Å². The summed E-state index contributed by atoms with van der Waals surface area (Å²) in [7, 11) is 0. The smallest absolute Gasteiger partial charge is 0.00239 e. The Morgan fingerprint density at radius 3 is 1.85 bits per heavy atom. The van der Waals surface area contributed by atoms with E-state index in [2.05, 4.69) is 69.5 Å². The fourth-order valence-corrected chi connectivity index (χ4v) is 3.70. The molecule has 0 radical (unpaired) electrons. The average Bonchev–Trinajstić information content (AvgIpc) is 2.70. The van der Waals surface area contributed by atoms with Gasteiger partial charge in [0.15, 0.2) is 0 Å². The molecule has 0 saturated carbocycles. The van der Waals surface area contributed by atoms with Gasteiger partial charge in [-0.3, -0.25) is 0 Å². The number of benzene rings is 4. The van der Waals surface area contributed by atoms with Crippen LogP contribution in [0, 0.1) is 13.8 Å². The Bertz CT molecular complexity index is 1110. The fraction of sp³-hybridized carbons (Fsp3) is 0.231. The maximum absolute atomic E-state index is 4.41. The first-order valence-corrected chi connectivity index (χ1v) is 9.62. The monoisotopic (exact) mass is 342 g/mol. The molecule has 0 heterocycles. The fourth-order valence-electron chi connectivity index (χ4n) is 3.70. The lowest BCUT2D eigenvalue weighted by Gasteiger charge is -2.15. The van der Waals surface area contributed by atoms with Gasteiger partial charge in [-0.1, -0.05) is 89.4 Å². The van der Waals surface area contributed by atoms with E-state index in [-0.39, 0.29) is 0 Å². The van der Waals surface area contributed by atoms with Crippen LogP contribution >= 0.6 is 0 Å². The number of aryl methyl sites for hydroxylation is 2. The van der Waals surface area contributed by atoms with E-state index in [9.17, 15) is 0 Å². The van der Waals surface area contributed by atoms with Crippen molar-refractivity contribution in [3.8, 4) is 0 Å². The molecule has 0 aliphatic heterocycles. The normalized spacial score (nSPS) is 10.2. The number of hydrogen-bond acceptors (Lipinski definition) is 0. The molecule has 0 atom stereocenters. The van der Waals surface area contributed by atoms with Gasteiger partial charge in [-0.25, -0.2) is 0 Å². The summed E-state index contributed by atoms with van der Waals surface area (Å²) in [6.45, 7) is 20.7. The van der Waals surface area contributed by atoms with E-state index in [4.69, 9.17) is 0 Å². The second-order valence-corrected chi connectivity index (χ2v) is 6.06. The second kappa shape index (κ2) is 8.19. The molecule has 0 amide bonds. The second-order valence-electron chi connectivity index (χ2n) is 6.06. The summed E-state index contributed by atoms with van der Waals surface area (Å²) in [4.78, 5) is 0. The van der Waals surface area contributed by atoms with Crippen molar-refractivity contribution in [2.45, 2.75) is 41.5 Å². The molecule has 0 spiro atoms. The molecule has 4 aromatic carbocycles. The van der Waals surface area contributed by atoms with Crippen LogP contribution in [0.2, 0.25) is 0 Å². The van der Waals surface area contributed by atoms with E-state index >= 15 is 0 Å². The van der Waals surface area contributed by atoms with Crippen molar-refractivity contribution in [3.63, 3.8) is 0 Å². The predicted molar refractivity (Wildman–Crippen MR) is 122 cm³/mol. The first-order chi connectivity index (χ1) is 12.6. The molecular formula is C26H30. The third kappa shape index (κ3) is 2.90. The van der Waals surface area contributed by atoms with Crippen LogP contribution in [-0.4, -0.2) is 0 Å². The third-order valence-electron chi connectivity index (χ3n) is 4.84. The van der Waals surface area contributed by atoms with Crippen molar-refractivity contribution in [2.24, 2.45) is 0 Å². The molecule has 4 aromatic rings. The van der Waals surface area contributed by atoms with Crippen LogP contribution < -0.4 is 5.22 Å². The topological polar surface area (TPSA) is 0 Å². The number of hydrogen-bond donors (Lipinski definition) is 0. The summed E-state index contributed by atoms with van der Waals surface area (Å²) < 4.78 is 0. The summed E-state index contributed by atoms with van der Waals surface area (Å²) in [5, 5.41) is 8.82. The lowest BCUT2D eigenvalue weighted by Crippen LogP contribution is -2.06. The van der Waals surface area contributed by atoms with Crippen molar-refractivity contribution < 1.29 is 0 Å². The van der Waals surface area contributed by atoms with Crippen molar-refractivity contribution in [1.29, 1.82) is 0 Å². The van der Waals surface area contributed by atoms with Crippen LogP contribution in [0.4, 0.5) is 0 Å². The molecule has 0 unspecified atom stereocenters. The van der Waals surface area contributed by atoms with Gasteiger partial charge in [0.05, 0.1) is 0 Å². The SMILES string of the molecule is C=Cc1c(C)ccc2c1c(=C)c1ccc(C)c3cccc2c31.CC.CC. The number of rotatable bonds is 1. The highest BCUT2D eigenvalue weighted by atomic mass is 14.2. The molecular weight excluding hydrogens is 312 g/mol. The van der Waals surface area contributed by atoms with Gasteiger partial charge in [0, 0.05) is 0 Å². The van der Waals surface area contributed by atoms with Crippen LogP contribution in [0.25, 0.3) is 45.0 Å². The summed E-state index contributed by atoms with van der Waals surface area (Å²) in [5.41, 5.74) is 3.76. The molecule has 134 valence electrons. The third-order valence-corrected chi connectivity index (χ3v) is 4.84. The van der Waals surface area contributed by atoms with Crippen LogP contribution in [0.3, 0.4) is 0 Å². The van der Waals surface area contributed by atoms with E-state index < -0.39 is 0 Å². The van der Waals surface area contributed by atoms with Crippen LogP contribution in [0.1, 0.15) is 44.4 Å². The highest BCUT2D eigenvalue weighted by Crippen LogP contribution is 2.34. The Hall–Kier alpha value is -2.60. The van der Waals surface area contributed by atoms with E-state index in [1.165, 1.54) is 49.0 Å². The highest BCUT2D eigenvalue weighted by Gasteiger charge is 2.12. The summed E-state index contributed by atoms with van der Waals surface area (Å²) in [6, 6.07) is 15.4. The van der Waals surface area contributed by atoms with E-state index in [0.717, 1.165) is 5.22 Å². The molecule has 0 aromatic heterocycles. The first-order valence-electron chi connectivity index (χ1n) is 9.62. The molecule has 0 heteroatoms. The van der Waals surface area contributed by atoms with Gasteiger partial charge >= 0.3 is 0 Å². The maximum Gasteiger partial charge on any atom is -0.00239 e. The zero-order valence-electron chi connectivity index (χ0n) is 17.0. The quantitative estimate of drug-likeness (QED) is 0.247. The van der Waals surface area contributed by atoms with Gasteiger partial charge in [0.2, 0.25) is 0 Å². The van der Waals surface area contributed by atoms with Gasteiger partial charge < -0.3 is 0 Å². The summed E-state index contributed by atoms with van der Waals surface area (Å²) in [5.74, 6) is 0. The summed E-state index contributed by atoms with van der Waals surface area (Å²) >= 11 is 0. The molecule has 26 heavy (non-hydrogen) atoms. The lowest BCUT2D eigenvalue weighted by atomic mass is 9.89. The van der Waals surface area contributed by atoms with Gasteiger partial charge in [0.25, 0.3) is 0 Å². The van der Waals surface area contributed by atoms with E-state index in [1.807, 2.05) is 33.8 Å². The van der Waals surface area contributed by atoms with E-state index in [0.29, 0.717) is 0 Å².